The molecule has 2 bridgehead atoms. The molecule has 0 radical (unpaired) electrons. The summed E-state index contributed by atoms with van der Waals surface area (Å²) in [7, 11) is 0. The van der Waals surface area contributed by atoms with Crippen LogP contribution in [0.3, 0.4) is 0 Å². The number of hydrogen-bond acceptors (Lipinski definition) is 5. The van der Waals surface area contributed by atoms with Gasteiger partial charge in [-0.1, -0.05) is 6.07 Å². The number of carbonyl (C=O) groups excluding carboxylic acids is 2. The number of aromatic nitrogens is 2. The maximum Gasteiger partial charge on any atom is 0.329 e. The highest BCUT2D eigenvalue weighted by atomic mass is 19.3. The summed E-state index contributed by atoms with van der Waals surface area (Å²) in [6.45, 7) is 0.834. The molecule has 10 heteroatoms. The second kappa shape index (κ2) is 6.89. The number of nitrogens with one attached hydrogen (secondary N) is 1. The zero-order valence-electron chi connectivity index (χ0n) is 16.1. The van der Waals surface area contributed by atoms with Crippen molar-refractivity contribution in [2.45, 2.75) is 24.8 Å². The Labute approximate surface area is 171 Å². The molecule has 3 amide bonds. The van der Waals surface area contributed by atoms with E-state index in [1.54, 1.807) is 41.4 Å². The summed E-state index contributed by atoms with van der Waals surface area (Å²) in [6, 6.07) is 8.02. The Balaban J connectivity index is 1.46. The molecule has 1 atom stereocenters. The van der Waals surface area contributed by atoms with Crippen LogP contribution in [0.4, 0.5) is 30.9 Å². The predicted octanol–water partition coefficient (Wildman–Crippen LogP) is 2.59. The van der Waals surface area contributed by atoms with Crippen molar-refractivity contribution in [2.75, 3.05) is 41.3 Å². The predicted molar refractivity (Wildman–Crippen MR) is 106 cm³/mol. The Morgan fingerprint density at radius 2 is 2.03 bits per heavy atom. The molecular weight excluding hydrogens is 394 g/mol. The van der Waals surface area contributed by atoms with E-state index in [1.165, 1.54) is 0 Å². The number of carbonyl (C=O) groups is 2. The van der Waals surface area contributed by atoms with E-state index in [2.05, 4.69) is 20.2 Å². The zero-order valence-corrected chi connectivity index (χ0v) is 16.1. The Bertz CT molecular complexity index is 1000. The number of alkyl halides is 2. The Kier molecular flexibility index (Phi) is 4.30. The van der Waals surface area contributed by atoms with Gasteiger partial charge in [-0.05, 0) is 30.7 Å². The van der Waals surface area contributed by atoms with Crippen LogP contribution in [0.5, 0.6) is 0 Å². The van der Waals surface area contributed by atoms with Crippen LogP contribution in [0.2, 0.25) is 0 Å². The lowest BCUT2D eigenvalue weighted by Crippen LogP contribution is -2.48. The maximum atomic E-state index is 13.5. The van der Waals surface area contributed by atoms with Crippen molar-refractivity contribution in [3.8, 4) is 0 Å². The van der Waals surface area contributed by atoms with Gasteiger partial charge < -0.3 is 9.80 Å². The van der Waals surface area contributed by atoms with Crippen molar-refractivity contribution in [1.82, 2.24) is 14.9 Å². The van der Waals surface area contributed by atoms with Gasteiger partial charge >= 0.3 is 6.03 Å². The number of anilines is 3. The number of amides is 3. The van der Waals surface area contributed by atoms with Crippen LogP contribution in [-0.2, 0) is 0 Å². The summed E-state index contributed by atoms with van der Waals surface area (Å²) in [5.41, 5.74) is 0.813. The van der Waals surface area contributed by atoms with E-state index >= 15 is 0 Å². The molecule has 0 saturated carbocycles. The fourth-order valence-electron chi connectivity index (χ4n) is 4.27. The largest absolute Gasteiger partial charge is 0.366 e. The molecule has 5 heterocycles. The van der Waals surface area contributed by atoms with Gasteiger partial charge in [0.2, 0.25) is 0 Å². The number of nitrogens with zero attached hydrogens (tertiary/aromatic N) is 5. The van der Waals surface area contributed by atoms with Crippen LogP contribution in [0.1, 0.15) is 23.3 Å². The van der Waals surface area contributed by atoms with Gasteiger partial charge in [0.05, 0.1) is 18.3 Å². The van der Waals surface area contributed by atoms with Crippen molar-refractivity contribution >= 4 is 29.3 Å². The second-order valence-corrected chi connectivity index (χ2v) is 7.78. The molecule has 0 spiro atoms. The smallest absolute Gasteiger partial charge is 0.329 e. The summed E-state index contributed by atoms with van der Waals surface area (Å²) in [5, 5.41) is 2.77. The third-order valence-electron chi connectivity index (χ3n) is 5.75. The van der Waals surface area contributed by atoms with Crippen molar-refractivity contribution < 1.29 is 18.4 Å². The Morgan fingerprint density at radius 1 is 1.17 bits per heavy atom. The summed E-state index contributed by atoms with van der Waals surface area (Å²) < 4.78 is 27.1. The molecule has 3 aliphatic rings. The molecule has 1 N–H and O–H groups in total. The first-order valence-electron chi connectivity index (χ1n) is 9.86. The Hall–Kier alpha value is -3.30. The molecule has 2 aromatic heterocycles. The van der Waals surface area contributed by atoms with Gasteiger partial charge in [0.15, 0.2) is 5.82 Å². The van der Waals surface area contributed by atoms with Gasteiger partial charge in [0.1, 0.15) is 11.5 Å². The number of rotatable bonds is 2. The van der Waals surface area contributed by atoms with Crippen molar-refractivity contribution in [3.63, 3.8) is 0 Å². The highest BCUT2D eigenvalue weighted by Gasteiger charge is 2.43. The fraction of sp³-hybridized carbons (Fsp3) is 0.400. The van der Waals surface area contributed by atoms with Crippen LogP contribution in [0, 0.1) is 0 Å². The third-order valence-corrected chi connectivity index (χ3v) is 5.75. The lowest BCUT2D eigenvalue weighted by molar-refractivity contribution is 0.0119. The average molecular weight is 414 g/mol. The van der Waals surface area contributed by atoms with Crippen molar-refractivity contribution in [3.05, 3.63) is 42.2 Å². The van der Waals surface area contributed by atoms with E-state index in [0.717, 1.165) is 23.6 Å². The maximum absolute atomic E-state index is 13.5. The minimum absolute atomic E-state index is 0.0107. The van der Waals surface area contributed by atoms with Crippen LogP contribution in [-0.4, -0.2) is 64.9 Å². The summed E-state index contributed by atoms with van der Waals surface area (Å²) in [5.74, 6) is -2.64. The summed E-state index contributed by atoms with van der Waals surface area (Å²) >= 11 is 0. The van der Waals surface area contributed by atoms with Gasteiger partial charge in [-0.3, -0.25) is 15.0 Å². The average Bonchev–Trinajstić information content (AvgIpc) is 3.31. The highest BCUT2D eigenvalue weighted by molar-refractivity contribution is 6.05. The molecule has 156 valence electrons. The van der Waals surface area contributed by atoms with Gasteiger partial charge in [-0.2, -0.15) is 0 Å². The highest BCUT2D eigenvalue weighted by Crippen LogP contribution is 2.39. The molecule has 30 heavy (non-hydrogen) atoms. The first-order valence-corrected chi connectivity index (χ1v) is 9.86. The standard InChI is InChI=1S/C20H20F2N6O2/c21-20(22)7-10-27(12-20)18(29)14-4-5-15-17(24-14)28(13-6-9-26(15)11-13)19(30)25-16-3-1-2-8-23-16/h1-5,8,13H,6-7,9-12H2,(H,23,25,30)/t13-/m0/s1. The molecule has 5 rings (SSSR count). The molecule has 0 aliphatic carbocycles. The van der Waals surface area contributed by atoms with Gasteiger partial charge in [0, 0.05) is 32.3 Å². The zero-order chi connectivity index (χ0) is 20.9. The first-order chi connectivity index (χ1) is 14.4. The van der Waals surface area contributed by atoms with Crippen LogP contribution >= 0.6 is 0 Å². The molecule has 2 aromatic rings. The van der Waals surface area contributed by atoms with Gasteiger partial charge in [0.25, 0.3) is 11.8 Å². The number of likely N-dealkylation sites (tertiary alicyclic amines) is 1. The first kappa shape index (κ1) is 18.7. The van der Waals surface area contributed by atoms with E-state index in [9.17, 15) is 18.4 Å². The summed E-state index contributed by atoms with van der Waals surface area (Å²) in [4.78, 5) is 39.2. The lowest BCUT2D eigenvalue weighted by atomic mass is 10.1. The van der Waals surface area contributed by atoms with E-state index in [4.69, 9.17) is 0 Å². The topological polar surface area (TPSA) is 81.7 Å². The van der Waals surface area contributed by atoms with E-state index < -0.39 is 18.4 Å². The van der Waals surface area contributed by atoms with Crippen molar-refractivity contribution in [2.24, 2.45) is 0 Å². The van der Waals surface area contributed by atoms with E-state index in [-0.39, 0.29) is 30.7 Å². The monoisotopic (exact) mass is 414 g/mol. The fourth-order valence-corrected chi connectivity index (χ4v) is 4.27. The van der Waals surface area contributed by atoms with Crippen LogP contribution < -0.4 is 15.1 Å². The van der Waals surface area contributed by atoms with Crippen molar-refractivity contribution in [1.29, 1.82) is 0 Å². The normalized spacial score (nSPS) is 21.5. The number of urea groups is 1. The quantitative estimate of drug-likeness (QED) is 0.817. The number of pyridine rings is 2. The minimum atomic E-state index is -2.87. The van der Waals surface area contributed by atoms with Crippen LogP contribution in [0.25, 0.3) is 0 Å². The molecule has 2 fully saturated rings. The number of fused-ring (bicyclic) bond motifs is 4. The molecular formula is C20H20F2N6O2. The molecule has 0 unspecified atom stereocenters. The minimum Gasteiger partial charge on any atom is -0.366 e. The molecule has 3 aliphatic heterocycles. The van der Waals surface area contributed by atoms with E-state index in [0.29, 0.717) is 18.2 Å². The van der Waals surface area contributed by atoms with Gasteiger partial charge in [-0.15, -0.1) is 0 Å². The Morgan fingerprint density at radius 3 is 2.77 bits per heavy atom. The molecule has 2 saturated heterocycles. The van der Waals surface area contributed by atoms with Crippen LogP contribution in [0.15, 0.2) is 36.5 Å². The number of hydrogen-bond donors (Lipinski definition) is 1. The summed E-state index contributed by atoms with van der Waals surface area (Å²) in [6.07, 6.45) is 2.00. The number of halogens is 2. The van der Waals surface area contributed by atoms with E-state index in [1.807, 2.05) is 0 Å². The molecule has 8 nitrogen and oxygen atoms in total. The molecule has 0 aromatic carbocycles. The second-order valence-electron chi connectivity index (χ2n) is 7.78. The lowest BCUT2D eigenvalue weighted by Gasteiger charge is -2.35. The SMILES string of the molecule is O=C(c1ccc2c(n1)N(C(=O)Nc1ccccn1)[C@H]1CCN2C1)N1CCC(F)(F)C1. The van der Waals surface area contributed by atoms with Gasteiger partial charge in [-0.25, -0.2) is 23.5 Å². The third kappa shape index (κ3) is 3.21.